The maximum atomic E-state index is 12.0. The molecule has 0 radical (unpaired) electrons. The molecular weight excluding hydrogens is 246 g/mol. The molecular formula is C12H19N5O2. The number of nitrogens with zero attached hydrogens (tertiary/aromatic N) is 3. The van der Waals surface area contributed by atoms with Gasteiger partial charge in [0, 0.05) is 52.5 Å². The molecule has 2 N–H and O–H groups in total. The third-order valence-corrected chi connectivity index (χ3v) is 3.20. The van der Waals surface area contributed by atoms with Gasteiger partial charge in [0.05, 0.1) is 6.20 Å². The second-order valence-corrected chi connectivity index (χ2v) is 4.61. The van der Waals surface area contributed by atoms with E-state index in [1.807, 2.05) is 0 Å². The molecule has 2 heterocycles. The normalized spacial score (nSPS) is 16.3. The lowest BCUT2D eigenvalue weighted by molar-refractivity contribution is 0.0768. The minimum atomic E-state index is -0.306. The molecule has 1 saturated heterocycles. The van der Waals surface area contributed by atoms with Gasteiger partial charge in [0.25, 0.3) is 11.5 Å². The summed E-state index contributed by atoms with van der Waals surface area (Å²) in [6.07, 6.45) is 2.48. The van der Waals surface area contributed by atoms with Gasteiger partial charge in [0.1, 0.15) is 5.69 Å². The summed E-state index contributed by atoms with van der Waals surface area (Å²) in [5.41, 5.74) is -0.0394. The summed E-state index contributed by atoms with van der Waals surface area (Å²) in [7, 11) is 1.75. The van der Waals surface area contributed by atoms with Gasteiger partial charge < -0.3 is 15.2 Å². The van der Waals surface area contributed by atoms with Gasteiger partial charge in [0.15, 0.2) is 0 Å². The predicted molar refractivity (Wildman–Crippen MR) is 71.1 cm³/mol. The second-order valence-electron chi connectivity index (χ2n) is 4.61. The topological polar surface area (TPSA) is 81.3 Å². The molecule has 0 unspecified atom stereocenters. The quantitative estimate of drug-likeness (QED) is 0.711. The third kappa shape index (κ3) is 3.87. The molecule has 0 atom stereocenters. The van der Waals surface area contributed by atoms with Gasteiger partial charge in [-0.25, -0.2) is 4.98 Å². The first-order valence-electron chi connectivity index (χ1n) is 6.40. The van der Waals surface area contributed by atoms with E-state index < -0.39 is 0 Å². The van der Waals surface area contributed by atoms with Crippen molar-refractivity contribution in [2.24, 2.45) is 0 Å². The molecule has 7 heteroatoms. The number of likely N-dealkylation sites (N-methyl/N-ethyl adjacent to an activating group) is 1. The van der Waals surface area contributed by atoms with Crippen LogP contribution in [-0.2, 0) is 0 Å². The summed E-state index contributed by atoms with van der Waals surface area (Å²) < 4.78 is 0. The first-order valence-corrected chi connectivity index (χ1v) is 6.40. The number of aromatic amines is 1. The average molecular weight is 265 g/mol. The van der Waals surface area contributed by atoms with Crippen LogP contribution in [0.3, 0.4) is 0 Å². The van der Waals surface area contributed by atoms with Crippen LogP contribution in [0.1, 0.15) is 10.5 Å². The highest BCUT2D eigenvalue weighted by Crippen LogP contribution is 1.98. The van der Waals surface area contributed by atoms with Crippen molar-refractivity contribution in [2.45, 2.75) is 0 Å². The first kappa shape index (κ1) is 13.7. The average Bonchev–Trinajstić information content (AvgIpc) is 2.46. The molecule has 1 aliphatic heterocycles. The Balaban J connectivity index is 1.84. The van der Waals surface area contributed by atoms with E-state index in [1.54, 1.807) is 11.9 Å². The number of amides is 1. The zero-order chi connectivity index (χ0) is 13.7. The fourth-order valence-corrected chi connectivity index (χ4v) is 1.98. The monoisotopic (exact) mass is 265 g/mol. The van der Waals surface area contributed by atoms with Crippen LogP contribution in [0, 0.1) is 0 Å². The van der Waals surface area contributed by atoms with Gasteiger partial charge in [-0.1, -0.05) is 0 Å². The van der Waals surface area contributed by atoms with E-state index in [0.29, 0.717) is 6.54 Å². The molecule has 1 fully saturated rings. The van der Waals surface area contributed by atoms with Crippen molar-refractivity contribution in [3.8, 4) is 0 Å². The Morgan fingerprint density at radius 1 is 1.47 bits per heavy atom. The number of carbonyl (C=O) groups excluding carboxylic acids is 1. The fraction of sp³-hybridized carbons (Fsp3) is 0.583. The van der Waals surface area contributed by atoms with Gasteiger partial charge in [-0.3, -0.25) is 14.5 Å². The minimum Gasteiger partial charge on any atom is -0.339 e. The molecule has 0 aromatic carbocycles. The van der Waals surface area contributed by atoms with E-state index in [9.17, 15) is 9.59 Å². The molecule has 0 saturated carbocycles. The summed E-state index contributed by atoms with van der Waals surface area (Å²) in [4.78, 5) is 33.2. The highest BCUT2D eigenvalue weighted by atomic mass is 16.2. The van der Waals surface area contributed by atoms with Gasteiger partial charge in [-0.2, -0.15) is 0 Å². The van der Waals surface area contributed by atoms with Crippen molar-refractivity contribution in [1.29, 1.82) is 0 Å². The number of rotatable bonds is 4. The standard InChI is InChI=1S/C12H19N5O2/c1-16(6-7-17-4-2-13-3-5-17)12(19)10-8-15-11(18)9-14-10/h8-9,13H,2-7H2,1H3,(H,15,18). The highest BCUT2D eigenvalue weighted by Gasteiger charge is 2.15. The molecule has 2 rings (SSSR count). The highest BCUT2D eigenvalue weighted by molar-refractivity contribution is 5.91. The summed E-state index contributed by atoms with van der Waals surface area (Å²) in [6, 6.07) is 0. The Labute approximate surface area is 111 Å². The van der Waals surface area contributed by atoms with E-state index in [2.05, 4.69) is 20.2 Å². The number of nitrogens with one attached hydrogen (secondary N) is 2. The lowest BCUT2D eigenvalue weighted by Crippen LogP contribution is -2.46. The van der Waals surface area contributed by atoms with Gasteiger partial charge in [-0.05, 0) is 0 Å². The zero-order valence-electron chi connectivity index (χ0n) is 11.1. The molecule has 1 aromatic heterocycles. The van der Waals surface area contributed by atoms with E-state index in [-0.39, 0.29) is 17.2 Å². The predicted octanol–water partition coefficient (Wildman–Crippen LogP) is -1.25. The van der Waals surface area contributed by atoms with E-state index in [1.165, 1.54) is 6.20 Å². The van der Waals surface area contributed by atoms with Crippen molar-refractivity contribution in [3.63, 3.8) is 0 Å². The van der Waals surface area contributed by atoms with Crippen LogP contribution in [0.5, 0.6) is 0 Å². The number of aromatic nitrogens is 2. The van der Waals surface area contributed by atoms with Crippen LogP contribution >= 0.6 is 0 Å². The van der Waals surface area contributed by atoms with Crippen LogP contribution in [0.25, 0.3) is 0 Å². The Kier molecular flexibility index (Phi) is 4.64. The van der Waals surface area contributed by atoms with Crippen LogP contribution in [-0.4, -0.2) is 72.0 Å². The van der Waals surface area contributed by atoms with Crippen molar-refractivity contribution in [3.05, 3.63) is 28.4 Å². The number of carbonyl (C=O) groups is 1. The van der Waals surface area contributed by atoms with Gasteiger partial charge in [0.2, 0.25) is 0 Å². The molecule has 0 bridgehead atoms. The maximum absolute atomic E-state index is 12.0. The van der Waals surface area contributed by atoms with E-state index in [0.717, 1.165) is 38.9 Å². The Morgan fingerprint density at radius 2 is 2.21 bits per heavy atom. The van der Waals surface area contributed by atoms with Crippen LogP contribution in [0.4, 0.5) is 0 Å². The van der Waals surface area contributed by atoms with Crippen LogP contribution < -0.4 is 10.9 Å². The SMILES string of the molecule is CN(CCN1CCNCC1)C(=O)c1c[nH]c(=O)cn1. The summed E-state index contributed by atoms with van der Waals surface area (Å²) in [5.74, 6) is -0.175. The van der Waals surface area contributed by atoms with Gasteiger partial charge >= 0.3 is 0 Å². The lowest BCUT2D eigenvalue weighted by atomic mass is 10.3. The van der Waals surface area contributed by atoms with Crippen LogP contribution in [0.15, 0.2) is 17.2 Å². The molecule has 1 amide bonds. The van der Waals surface area contributed by atoms with Crippen LogP contribution in [0.2, 0.25) is 0 Å². The molecule has 7 nitrogen and oxygen atoms in total. The molecule has 0 spiro atoms. The Hall–Kier alpha value is -1.73. The largest absolute Gasteiger partial charge is 0.339 e. The smallest absolute Gasteiger partial charge is 0.273 e. The third-order valence-electron chi connectivity index (χ3n) is 3.20. The van der Waals surface area contributed by atoms with Crippen molar-refractivity contribution < 1.29 is 4.79 Å². The first-order chi connectivity index (χ1) is 9.16. The summed E-state index contributed by atoms with van der Waals surface area (Å²) in [6.45, 7) is 5.53. The summed E-state index contributed by atoms with van der Waals surface area (Å²) in [5, 5.41) is 3.29. The van der Waals surface area contributed by atoms with Crippen molar-refractivity contribution in [1.82, 2.24) is 25.1 Å². The number of hydrogen-bond acceptors (Lipinski definition) is 5. The fourth-order valence-electron chi connectivity index (χ4n) is 1.98. The number of hydrogen-bond donors (Lipinski definition) is 2. The lowest BCUT2D eigenvalue weighted by Gasteiger charge is -2.29. The molecule has 1 aliphatic rings. The second kappa shape index (κ2) is 6.44. The molecule has 104 valence electrons. The molecule has 0 aliphatic carbocycles. The van der Waals surface area contributed by atoms with Gasteiger partial charge in [-0.15, -0.1) is 0 Å². The molecule has 19 heavy (non-hydrogen) atoms. The summed E-state index contributed by atoms with van der Waals surface area (Å²) >= 11 is 0. The molecule has 1 aromatic rings. The van der Waals surface area contributed by atoms with Crippen molar-refractivity contribution >= 4 is 5.91 Å². The number of H-pyrrole nitrogens is 1. The Bertz CT molecular complexity index is 461. The number of piperazine rings is 1. The maximum Gasteiger partial charge on any atom is 0.273 e. The zero-order valence-corrected chi connectivity index (χ0v) is 11.1. The Morgan fingerprint density at radius 3 is 2.84 bits per heavy atom. The minimum absolute atomic E-state index is 0.175. The van der Waals surface area contributed by atoms with E-state index >= 15 is 0 Å². The van der Waals surface area contributed by atoms with Crippen molar-refractivity contribution in [2.75, 3.05) is 46.3 Å². The van der Waals surface area contributed by atoms with E-state index in [4.69, 9.17) is 0 Å².